The molecule has 0 unspecified atom stereocenters. The first-order valence-electron chi connectivity index (χ1n) is 17.9. The third kappa shape index (κ3) is 5.33. The van der Waals surface area contributed by atoms with Crippen molar-refractivity contribution in [2.24, 2.45) is 0 Å². The van der Waals surface area contributed by atoms with Gasteiger partial charge in [-0.25, -0.2) is 4.79 Å². The molecule has 4 aromatic carbocycles. The lowest BCUT2D eigenvalue weighted by molar-refractivity contribution is 0.255. The molecule has 0 N–H and O–H groups in total. The predicted octanol–water partition coefficient (Wildman–Crippen LogP) is -13.2. The molecule has 25 heteroatoms. The fraction of sp³-hybridized carbons (Fsp3) is 0.0571. The zero-order valence-corrected chi connectivity index (χ0v) is 31.9. The van der Waals surface area contributed by atoms with E-state index in [0.717, 1.165) is 0 Å². The summed E-state index contributed by atoms with van der Waals surface area (Å²) in [6.07, 6.45) is 5.30. The zero-order chi connectivity index (χ0) is 44.2. The van der Waals surface area contributed by atoms with Gasteiger partial charge in [-0.3, -0.25) is 9.80 Å². The van der Waals surface area contributed by atoms with Crippen molar-refractivity contribution in [1.82, 2.24) is 0 Å². The molecule has 40 radical (unpaired) electrons. The topological polar surface area (TPSA) is 23.6 Å². The van der Waals surface area contributed by atoms with Crippen molar-refractivity contribution in [2.45, 2.75) is 12.1 Å². The van der Waals surface area contributed by atoms with Crippen molar-refractivity contribution < 1.29 is 4.79 Å². The molecule has 4 aromatic rings. The van der Waals surface area contributed by atoms with Gasteiger partial charge >= 0.3 is 6.03 Å². The van der Waals surface area contributed by atoms with Gasteiger partial charge < -0.3 is 0 Å². The molecule has 0 fully saturated rings. The Morgan fingerprint density at radius 1 is 0.500 bits per heavy atom. The standard InChI is InChI=1S/C35H4B22N2O/c1-2-4(36)8(38)9(39)5(37)3-56-27-18(48)10(40)6-7-31(27)58(33-24(54)16(46)14(44)22(52)28(33)56)35(60)59-32(7)29(19(49)11(6)41)57(26-20(50)12(42)13(43)21(26)51)30-23(53)15(45)17(47)25(55)34(30)59/h1,26H,3H2/b8-4-,9-5-. The highest BCUT2D eigenvalue weighted by Crippen LogP contribution is 2.48. The molecule has 60 heavy (non-hydrogen) atoms. The van der Waals surface area contributed by atoms with Gasteiger partial charge in [-0.15, -0.1) is 88.4 Å². The molecule has 3 nitrogen and oxygen atoms in total. The van der Waals surface area contributed by atoms with Gasteiger partial charge in [0.25, 0.3) is 0 Å². The van der Waals surface area contributed by atoms with E-state index >= 15 is 4.79 Å². The van der Waals surface area contributed by atoms with E-state index in [1.54, 1.807) is 0 Å². The largest absolute Gasteiger partial charge is 0.338 e. The third-order valence-electron chi connectivity index (χ3n) is 12.3. The van der Waals surface area contributed by atoms with E-state index in [2.05, 4.69) is 5.92 Å². The minimum atomic E-state index is -1.10. The highest BCUT2D eigenvalue weighted by Gasteiger charge is 2.52. The summed E-state index contributed by atoms with van der Waals surface area (Å²) in [6.45, 7) is -2.13. The van der Waals surface area contributed by atoms with E-state index in [9.17, 15) is 0 Å². The lowest BCUT2D eigenvalue weighted by Gasteiger charge is -2.51. The summed E-state index contributed by atoms with van der Waals surface area (Å²) in [5, 5.41) is 0.385. The van der Waals surface area contributed by atoms with Crippen LogP contribution in [-0.4, -0.2) is 176 Å². The number of anilines is 4. The van der Waals surface area contributed by atoms with Gasteiger partial charge in [0.1, 0.15) is 157 Å². The van der Waals surface area contributed by atoms with E-state index in [4.69, 9.17) is 163 Å². The molecule has 0 aromatic heterocycles. The van der Waals surface area contributed by atoms with Crippen LogP contribution < -0.4 is 97.2 Å². The first-order valence-corrected chi connectivity index (χ1v) is 17.9. The zero-order valence-electron chi connectivity index (χ0n) is 31.9. The average Bonchev–Trinajstić information content (AvgIpc) is 3.41. The van der Waals surface area contributed by atoms with Crippen LogP contribution in [0.2, 0.25) is 12.1 Å². The van der Waals surface area contributed by atoms with Crippen LogP contribution in [-0.2, 0) is 0 Å². The Kier molecular flexibility index (Phi) is 10.4. The number of carbonyl (C=O) groups is 1. The lowest BCUT2D eigenvalue weighted by atomic mass is 9.25. The van der Waals surface area contributed by atoms with Gasteiger partial charge in [0.2, 0.25) is 13.4 Å². The Hall–Kier alpha value is -3.64. The summed E-state index contributed by atoms with van der Waals surface area (Å²) in [4.78, 5) is 18.4. The fourth-order valence-electron chi connectivity index (χ4n) is 9.23. The van der Waals surface area contributed by atoms with Crippen molar-refractivity contribution in [2.75, 3.05) is 9.80 Å². The van der Waals surface area contributed by atoms with Gasteiger partial charge in [0, 0.05) is 16.8 Å². The minimum Gasteiger partial charge on any atom is -0.263 e. The Balaban J connectivity index is 1.63. The highest BCUT2D eigenvalue weighted by molar-refractivity contribution is 7.00. The SMILES string of the molecule is [B]C1=C([B])C(B2c3c([B])c([B])c([B])c([B])c3N3C(=O)N4c5c([B])c([B])c([B])c([B])c5B(C/C([B])=C([B])\C([B])=C(\[B])C#C)c5c([B])c([B])c6c([B])c([B])c2c3c6c54)C([B])=C1[B]. The number of rotatable bonds is 4. The van der Waals surface area contributed by atoms with Crippen molar-refractivity contribution in [3.05, 3.63) is 43.8 Å². The molecule has 0 atom stereocenters. The van der Waals surface area contributed by atoms with Crippen LogP contribution in [0.5, 0.6) is 0 Å². The summed E-state index contributed by atoms with van der Waals surface area (Å²) in [5.41, 5.74) is -0.380. The van der Waals surface area contributed by atoms with E-state index < -0.39 is 25.3 Å². The predicted molar refractivity (Wildman–Crippen MR) is 273 cm³/mol. The van der Waals surface area contributed by atoms with Crippen LogP contribution in [0.1, 0.15) is 0 Å². The molecule has 8 rings (SSSR count). The third-order valence-corrected chi connectivity index (χ3v) is 12.3. The summed E-state index contributed by atoms with van der Waals surface area (Å²) in [6, 6.07) is -0.820. The van der Waals surface area contributed by atoms with Crippen molar-refractivity contribution >= 4 is 297 Å². The second kappa shape index (κ2) is 14.5. The van der Waals surface area contributed by atoms with Crippen LogP contribution in [0, 0.1) is 12.3 Å². The second-order valence-corrected chi connectivity index (χ2v) is 15.1. The molecule has 3 heterocycles. The number of amides is 2. The van der Waals surface area contributed by atoms with Crippen LogP contribution >= 0.6 is 0 Å². The van der Waals surface area contributed by atoms with E-state index in [-0.39, 0.29) is 171 Å². The summed E-state index contributed by atoms with van der Waals surface area (Å²) < 4.78 is 0. The first-order chi connectivity index (χ1) is 28.1. The fourth-order valence-corrected chi connectivity index (χ4v) is 9.23. The number of urea groups is 1. The van der Waals surface area contributed by atoms with Crippen LogP contribution in [0.15, 0.2) is 43.8 Å². The van der Waals surface area contributed by atoms with Crippen LogP contribution in [0.3, 0.4) is 0 Å². The maximum absolute atomic E-state index is 15.8. The molecule has 226 valence electrons. The van der Waals surface area contributed by atoms with Crippen LogP contribution in [0.4, 0.5) is 27.5 Å². The number of hydrogen-bond donors (Lipinski definition) is 0. The van der Waals surface area contributed by atoms with Gasteiger partial charge in [-0.2, -0.15) is 0 Å². The number of carbonyl (C=O) groups excluding carboxylic acids is 1. The second-order valence-electron chi connectivity index (χ2n) is 15.1. The number of terminal acetylenes is 1. The monoisotopic (exact) mass is 710 g/mol. The number of nitrogens with zero attached hydrogens (tertiary/aromatic N) is 2. The minimum absolute atomic E-state index is 0.00196. The Bertz CT molecular complexity index is 2960. The number of benzene rings is 4. The van der Waals surface area contributed by atoms with Crippen molar-refractivity contribution in [3.8, 4) is 12.3 Å². The number of fused-ring (bicyclic) bond motifs is 4. The summed E-state index contributed by atoms with van der Waals surface area (Å²) >= 11 is 0. The number of hydrogen-bond acceptors (Lipinski definition) is 1. The van der Waals surface area contributed by atoms with E-state index in [0.29, 0.717) is 0 Å². The molecule has 0 saturated heterocycles. The van der Waals surface area contributed by atoms with Gasteiger partial charge in [-0.1, -0.05) is 61.4 Å². The molecule has 0 bridgehead atoms. The summed E-state index contributed by atoms with van der Waals surface area (Å²) in [7, 11) is 133. The maximum atomic E-state index is 15.8. The molecular formula is C35H4B22N2O. The quantitative estimate of drug-likeness (QED) is 0.118. The van der Waals surface area contributed by atoms with Crippen molar-refractivity contribution in [1.29, 1.82) is 0 Å². The van der Waals surface area contributed by atoms with Gasteiger partial charge in [0.05, 0.1) is 11.4 Å². The number of allylic oxidation sites excluding steroid dienone is 8. The molecule has 2 amide bonds. The molecule has 1 aliphatic carbocycles. The molecule has 4 aliphatic rings. The highest BCUT2D eigenvalue weighted by atomic mass is 16.2. The molecule has 3 aliphatic heterocycles. The van der Waals surface area contributed by atoms with Gasteiger partial charge in [-0.05, 0) is 11.2 Å². The average molecular weight is 706 g/mol. The smallest absolute Gasteiger partial charge is 0.263 e. The molecule has 0 spiro atoms. The van der Waals surface area contributed by atoms with Crippen molar-refractivity contribution in [3.63, 3.8) is 0 Å². The first kappa shape index (κ1) is 43.0. The molecule has 0 saturated carbocycles. The molecular weight excluding hydrogens is 702 g/mol. The normalized spacial score (nSPS) is 16.3. The van der Waals surface area contributed by atoms with Gasteiger partial charge in [0.15, 0.2) is 0 Å². The Labute approximate surface area is 378 Å². The summed E-state index contributed by atoms with van der Waals surface area (Å²) in [5.74, 6) is 1.20. The lowest BCUT2D eigenvalue weighted by Crippen LogP contribution is -2.74. The van der Waals surface area contributed by atoms with E-state index in [1.807, 2.05) is 0 Å². The van der Waals surface area contributed by atoms with E-state index in [1.165, 1.54) is 9.80 Å². The Morgan fingerprint density at radius 3 is 1.38 bits per heavy atom. The van der Waals surface area contributed by atoms with Crippen LogP contribution in [0.25, 0.3) is 10.8 Å². The maximum Gasteiger partial charge on any atom is 0.338 e. The Morgan fingerprint density at radius 2 is 0.883 bits per heavy atom.